The third kappa shape index (κ3) is 2.99. The van der Waals surface area contributed by atoms with E-state index in [1.54, 1.807) is 19.1 Å². The van der Waals surface area contributed by atoms with Crippen molar-refractivity contribution in [3.63, 3.8) is 0 Å². The van der Waals surface area contributed by atoms with E-state index in [4.69, 9.17) is 4.74 Å². The molecule has 0 saturated carbocycles. The Morgan fingerprint density at radius 3 is 2.21 bits per heavy atom. The summed E-state index contributed by atoms with van der Waals surface area (Å²) < 4.78 is 18.6. The summed E-state index contributed by atoms with van der Waals surface area (Å²) >= 11 is 0. The van der Waals surface area contributed by atoms with Crippen LogP contribution in [0.5, 0.6) is 5.75 Å². The fourth-order valence-corrected chi connectivity index (χ4v) is 1.87. The van der Waals surface area contributed by atoms with Gasteiger partial charge in [0.05, 0.1) is 0 Å². The van der Waals surface area contributed by atoms with Crippen LogP contribution in [0.25, 0.3) is 11.1 Å². The van der Waals surface area contributed by atoms with Gasteiger partial charge >= 0.3 is 5.97 Å². The van der Waals surface area contributed by atoms with Crippen molar-refractivity contribution in [2.75, 3.05) is 0 Å². The van der Waals surface area contributed by atoms with Gasteiger partial charge in [-0.2, -0.15) is 0 Å². The maximum atomic E-state index is 13.5. The molecule has 0 spiro atoms. The van der Waals surface area contributed by atoms with E-state index in [-0.39, 0.29) is 11.8 Å². The Bertz CT molecular complexity index is 633. The summed E-state index contributed by atoms with van der Waals surface area (Å²) in [5.74, 6) is -0.0414. The van der Waals surface area contributed by atoms with Crippen molar-refractivity contribution in [2.24, 2.45) is 0 Å². The number of hydrogen-bond donors (Lipinski definition) is 0. The zero-order valence-corrected chi connectivity index (χ0v) is 11.2. The van der Waals surface area contributed by atoms with Gasteiger partial charge in [-0.25, -0.2) is 4.39 Å². The third-order valence-electron chi connectivity index (χ3n) is 2.93. The van der Waals surface area contributed by atoms with Crippen LogP contribution < -0.4 is 4.74 Å². The molecule has 0 unspecified atom stereocenters. The second-order valence-electron chi connectivity index (χ2n) is 4.54. The summed E-state index contributed by atoms with van der Waals surface area (Å²) in [7, 11) is 0. The molecule has 0 aliphatic rings. The molecule has 2 aromatic rings. The molecule has 0 fully saturated rings. The van der Waals surface area contributed by atoms with Crippen molar-refractivity contribution in [2.45, 2.75) is 20.8 Å². The van der Waals surface area contributed by atoms with Crippen LogP contribution in [0.4, 0.5) is 4.39 Å². The van der Waals surface area contributed by atoms with E-state index in [2.05, 4.69) is 0 Å². The maximum absolute atomic E-state index is 13.5. The SMILES string of the molecule is CC(=O)Oc1ccc(-c2ccc(C)c(F)c2)cc1C. The molecular weight excluding hydrogens is 243 g/mol. The first-order chi connectivity index (χ1) is 8.97. The average Bonchev–Trinajstić information content (AvgIpc) is 2.35. The number of hydrogen-bond acceptors (Lipinski definition) is 2. The Labute approximate surface area is 111 Å². The third-order valence-corrected chi connectivity index (χ3v) is 2.93. The molecule has 0 radical (unpaired) electrons. The van der Waals surface area contributed by atoms with Gasteiger partial charge in [0, 0.05) is 6.92 Å². The predicted octanol–water partition coefficient (Wildman–Crippen LogP) is 4.03. The van der Waals surface area contributed by atoms with Crippen molar-refractivity contribution in [3.8, 4) is 16.9 Å². The van der Waals surface area contributed by atoms with E-state index >= 15 is 0 Å². The minimum atomic E-state index is -0.350. The Morgan fingerprint density at radius 1 is 1.00 bits per heavy atom. The van der Waals surface area contributed by atoms with E-state index in [1.807, 2.05) is 25.1 Å². The summed E-state index contributed by atoms with van der Waals surface area (Å²) in [5, 5.41) is 0. The highest BCUT2D eigenvalue weighted by atomic mass is 19.1. The largest absolute Gasteiger partial charge is 0.426 e. The van der Waals surface area contributed by atoms with Gasteiger partial charge in [-0.1, -0.05) is 18.2 Å². The van der Waals surface area contributed by atoms with Gasteiger partial charge in [0.25, 0.3) is 0 Å². The van der Waals surface area contributed by atoms with E-state index in [9.17, 15) is 9.18 Å². The number of esters is 1. The molecular formula is C16H15FO2. The van der Waals surface area contributed by atoms with Gasteiger partial charge in [-0.3, -0.25) is 4.79 Å². The smallest absolute Gasteiger partial charge is 0.308 e. The van der Waals surface area contributed by atoms with Gasteiger partial charge in [0.1, 0.15) is 11.6 Å². The molecule has 0 atom stereocenters. The van der Waals surface area contributed by atoms with Crippen LogP contribution in [-0.2, 0) is 4.79 Å². The molecule has 19 heavy (non-hydrogen) atoms. The number of rotatable bonds is 2. The van der Waals surface area contributed by atoms with Crippen LogP contribution in [0, 0.1) is 19.7 Å². The number of benzene rings is 2. The molecule has 0 N–H and O–H groups in total. The van der Waals surface area contributed by atoms with E-state index in [1.165, 1.54) is 13.0 Å². The molecule has 0 aliphatic carbocycles. The van der Waals surface area contributed by atoms with E-state index < -0.39 is 0 Å². The molecule has 0 amide bonds. The molecule has 0 aromatic heterocycles. The number of ether oxygens (including phenoxy) is 1. The monoisotopic (exact) mass is 258 g/mol. The van der Waals surface area contributed by atoms with Crippen LogP contribution >= 0.6 is 0 Å². The van der Waals surface area contributed by atoms with Crippen molar-refractivity contribution < 1.29 is 13.9 Å². The van der Waals surface area contributed by atoms with Gasteiger partial charge in [0.2, 0.25) is 0 Å². The second-order valence-corrected chi connectivity index (χ2v) is 4.54. The zero-order valence-electron chi connectivity index (χ0n) is 11.2. The Kier molecular flexibility index (Phi) is 3.65. The highest BCUT2D eigenvalue weighted by Gasteiger charge is 2.06. The summed E-state index contributed by atoms with van der Waals surface area (Å²) in [5.41, 5.74) is 3.17. The average molecular weight is 258 g/mol. The Hall–Kier alpha value is -2.16. The summed E-state index contributed by atoms with van der Waals surface area (Å²) in [6, 6.07) is 10.6. The molecule has 0 bridgehead atoms. The summed E-state index contributed by atoms with van der Waals surface area (Å²) in [4.78, 5) is 10.9. The number of carbonyl (C=O) groups is 1. The van der Waals surface area contributed by atoms with Gasteiger partial charge in [-0.05, 0) is 54.3 Å². The molecule has 3 heteroatoms. The van der Waals surface area contributed by atoms with Gasteiger partial charge in [0.15, 0.2) is 0 Å². The molecule has 0 aliphatic heterocycles. The Morgan fingerprint density at radius 2 is 1.63 bits per heavy atom. The van der Waals surface area contributed by atoms with Crippen LogP contribution in [0.2, 0.25) is 0 Å². The minimum Gasteiger partial charge on any atom is -0.426 e. The number of halogens is 1. The highest BCUT2D eigenvalue weighted by Crippen LogP contribution is 2.27. The lowest BCUT2D eigenvalue weighted by molar-refractivity contribution is -0.131. The lowest BCUT2D eigenvalue weighted by Crippen LogP contribution is -2.02. The van der Waals surface area contributed by atoms with E-state index in [0.29, 0.717) is 11.3 Å². The van der Waals surface area contributed by atoms with Crippen LogP contribution in [0.3, 0.4) is 0 Å². The first-order valence-corrected chi connectivity index (χ1v) is 6.03. The quantitative estimate of drug-likeness (QED) is 0.600. The molecule has 98 valence electrons. The predicted molar refractivity (Wildman–Crippen MR) is 72.6 cm³/mol. The van der Waals surface area contributed by atoms with Crippen molar-refractivity contribution >= 4 is 5.97 Å². The highest BCUT2D eigenvalue weighted by molar-refractivity contribution is 5.71. The molecule has 0 saturated heterocycles. The fourth-order valence-electron chi connectivity index (χ4n) is 1.87. The lowest BCUT2D eigenvalue weighted by Gasteiger charge is -2.09. The number of carbonyl (C=O) groups excluding carboxylic acids is 1. The first-order valence-electron chi connectivity index (χ1n) is 6.03. The van der Waals surface area contributed by atoms with Crippen molar-refractivity contribution in [3.05, 3.63) is 53.3 Å². The normalized spacial score (nSPS) is 10.3. The summed E-state index contributed by atoms with van der Waals surface area (Å²) in [6.07, 6.45) is 0. The minimum absolute atomic E-state index is 0.223. The van der Waals surface area contributed by atoms with Gasteiger partial charge in [-0.15, -0.1) is 0 Å². The lowest BCUT2D eigenvalue weighted by atomic mass is 10.0. The number of aryl methyl sites for hydroxylation is 2. The first kappa shape index (κ1) is 13.3. The molecule has 2 aromatic carbocycles. The molecule has 0 heterocycles. The Balaban J connectivity index is 2.38. The van der Waals surface area contributed by atoms with Crippen molar-refractivity contribution in [1.29, 1.82) is 0 Å². The van der Waals surface area contributed by atoms with Crippen LogP contribution in [-0.4, -0.2) is 5.97 Å². The molecule has 2 nitrogen and oxygen atoms in total. The standard InChI is InChI=1S/C16H15FO2/c1-10-4-5-14(9-15(10)17)13-6-7-16(11(2)8-13)19-12(3)18/h4-9H,1-3H3. The fraction of sp³-hybridized carbons (Fsp3) is 0.188. The van der Waals surface area contributed by atoms with Crippen LogP contribution in [0.1, 0.15) is 18.1 Å². The maximum Gasteiger partial charge on any atom is 0.308 e. The van der Waals surface area contributed by atoms with Crippen molar-refractivity contribution in [1.82, 2.24) is 0 Å². The topological polar surface area (TPSA) is 26.3 Å². The summed E-state index contributed by atoms with van der Waals surface area (Å²) in [6.45, 7) is 4.95. The molecule has 2 rings (SSSR count). The zero-order chi connectivity index (χ0) is 14.0. The van der Waals surface area contributed by atoms with Crippen LogP contribution in [0.15, 0.2) is 36.4 Å². The second kappa shape index (κ2) is 5.22. The van der Waals surface area contributed by atoms with E-state index in [0.717, 1.165) is 16.7 Å². The van der Waals surface area contributed by atoms with Gasteiger partial charge < -0.3 is 4.74 Å².